The molecule has 2 aromatic rings. The Morgan fingerprint density at radius 3 is 2.53 bits per heavy atom. The fourth-order valence-electron chi connectivity index (χ4n) is 2.31. The average molecular weight is 253 g/mol. The number of hydrogen-bond donors (Lipinski definition) is 3. The van der Waals surface area contributed by atoms with Crippen LogP contribution in [0.4, 0.5) is 5.69 Å². The van der Waals surface area contributed by atoms with Crippen molar-refractivity contribution in [3.8, 4) is 0 Å². The van der Waals surface area contributed by atoms with Crippen molar-refractivity contribution in [2.45, 2.75) is 12.6 Å². The SMILES string of the molecule is N=C1c2ccccc2NC(Cc2ccccc2)N1O. The van der Waals surface area contributed by atoms with Crippen LogP contribution >= 0.6 is 0 Å². The summed E-state index contributed by atoms with van der Waals surface area (Å²) in [6.45, 7) is 0. The average Bonchev–Trinajstić information content (AvgIpc) is 2.46. The van der Waals surface area contributed by atoms with Crippen LogP contribution < -0.4 is 5.32 Å². The molecular weight excluding hydrogens is 238 g/mol. The van der Waals surface area contributed by atoms with E-state index >= 15 is 0 Å². The predicted molar refractivity (Wildman–Crippen MR) is 74.5 cm³/mol. The number of rotatable bonds is 2. The second kappa shape index (κ2) is 4.74. The Hall–Kier alpha value is -2.33. The third kappa shape index (κ3) is 2.18. The summed E-state index contributed by atoms with van der Waals surface area (Å²) < 4.78 is 0. The summed E-state index contributed by atoms with van der Waals surface area (Å²) in [6, 6.07) is 17.5. The summed E-state index contributed by atoms with van der Waals surface area (Å²) in [7, 11) is 0. The highest BCUT2D eigenvalue weighted by Crippen LogP contribution is 2.25. The summed E-state index contributed by atoms with van der Waals surface area (Å²) in [6.07, 6.45) is 0.318. The van der Waals surface area contributed by atoms with Gasteiger partial charge in [-0.1, -0.05) is 42.5 Å². The Balaban J connectivity index is 1.87. The van der Waals surface area contributed by atoms with E-state index < -0.39 is 0 Å². The normalized spacial score (nSPS) is 17.8. The number of anilines is 1. The van der Waals surface area contributed by atoms with E-state index in [1.807, 2.05) is 54.6 Å². The molecular formula is C15H15N3O. The highest BCUT2D eigenvalue weighted by Gasteiger charge is 2.28. The quantitative estimate of drug-likeness (QED) is 0.771. The summed E-state index contributed by atoms with van der Waals surface area (Å²) >= 11 is 0. The molecule has 0 aromatic heterocycles. The van der Waals surface area contributed by atoms with E-state index in [-0.39, 0.29) is 12.0 Å². The molecule has 0 amide bonds. The highest BCUT2D eigenvalue weighted by atomic mass is 16.5. The van der Waals surface area contributed by atoms with E-state index in [0.29, 0.717) is 12.0 Å². The molecule has 19 heavy (non-hydrogen) atoms. The van der Waals surface area contributed by atoms with Crippen LogP contribution in [0, 0.1) is 5.41 Å². The van der Waals surface area contributed by atoms with Crippen molar-refractivity contribution >= 4 is 11.5 Å². The van der Waals surface area contributed by atoms with E-state index in [0.717, 1.165) is 16.3 Å². The van der Waals surface area contributed by atoms with Gasteiger partial charge in [-0.3, -0.25) is 10.6 Å². The number of benzene rings is 2. The van der Waals surface area contributed by atoms with E-state index in [4.69, 9.17) is 5.41 Å². The molecule has 3 rings (SSSR count). The molecule has 0 aliphatic carbocycles. The minimum atomic E-state index is -0.315. The molecule has 0 radical (unpaired) electrons. The van der Waals surface area contributed by atoms with Gasteiger partial charge in [0, 0.05) is 17.7 Å². The zero-order valence-corrected chi connectivity index (χ0v) is 10.4. The Labute approximate surface area is 111 Å². The Kier molecular flexibility index (Phi) is 2.93. The molecule has 1 atom stereocenters. The van der Waals surface area contributed by atoms with E-state index in [2.05, 4.69) is 5.32 Å². The van der Waals surface area contributed by atoms with Gasteiger partial charge in [-0.25, -0.2) is 5.06 Å². The lowest BCUT2D eigenvalue weighted by Crippen LogP contribution is -2.47. The largest absolute Gasteiger partial charge is 0.362 e. The van der Waals surface area contributed by atoms with Gasteiger partial charge < -0.3 is 5.32 Å². The maximum absolute atomic E-state index is 10.1. The number of para-hydroxylation sites is 1. The lowest BCUT2D eigenvalue weighted by atomic mass is 10.0. The molecule has 0 saturated carbocycles. The van der Waals surface area contributed by atoms with Crippen LogP contribution in [-0.4, -0.2) is 22.3 Å². The van der Waals surface area contributed by atoms with Gasteiger partial charge in [0.25, 0.3) is 0 Å². The fourth-order valence-corrected chi connectivity index (χ4v) is 2.31. The zero-order valence-electron chi connectivity index (χ0n) is 10.4. The van der Waals surface area contributed by atoms with Crippen molar-refractivity contribution in [2.75, 3.05) is 5.32 Å². The van der Waals surface area contributed by atoms with Crippen molar-refractivity contribution in [1.82, 2.24) is 5.06 Å². The summed E-state index contributed by atoms with van der Waals surface area (Å²) in [5.74, 6) is 0.135. The second-order valence-electron chi connectivity index (χ2n) is 4.59. The van der Waals surface area contributed by atoms with Crippen molar-refractivity contribution < 1.29 is 5.21 Å². The van der Waals surface area contributed by atoms with Crippen molar-refractivity contribution in [2.24, 2.45) is 0 Å². The van der Waals surface area contributed by atoms with Crippen LogP contribution in [0.2, 0.25) is 0 Å². The van der Waals surface area contributed by atoms with E-state index in [1.54, 1.807) is 0 Å². The van der Waals surface area contributed by atoms with Crippen LogP contribution in [0.15, 0.2) is 54.6 Å². The first-order valence-electron chi connectivity index (χ1n) is 6.22. The monoisotopic (exact) mass is 253 g/mol. The van der Waals surface area contributed by atoms with E-state index in [1.165, 1.54) is 0 Å². The molecule has 0 spiro atoms. The van der Waals surface area contributed by atoms with Crippen LogP contribution in [0.1, 0.15) is 11.1 Å². The van der Waals surface area contributed by atoms with Gasteiger partial charge in [0.05, 0.1) is 0 Å². The van der Waals surface area contributed by atoms with Gasteiger partial charge in [0.15, 0.2) is 5.84 Å². The van der Waals surface area contributed by atoms with Gasteiger partial charge >= 0.3 is 0 Å². The topological polar surface area (TPSA) is 59.4 Å². The number of fused-ring (bicyclic) bond motifs is 1. The summed E-state index contributed by atoms with van der Waals surface area (Å²) in [5.41, 5.74) is 2.72. The lowest BCUT2D eigenvalue weighted by molar-refractivity contribution is -0.0465. The zero-order chi connectivity index (χ0) is 13.2. The summed E-state index contributed by atoms with van der Waals surface area (Å²) in [4.78, 5) is 0. The van der Waals surface area contributed by atoms with E-state index in [9.17, 15) is 5.21 Å². The van der Waals surface area contributed by atoms with Gasteiger partial charge in [-0.15, -0.1) is 0 Å². The molecule has 3 N–H and O–H groups in total. The van der Waals surface area contributed by atoms with Crippen molar-refractivity contribution in [1.29, 1.82) is 5.41 Å². The molecule has 1 aliphatic heterocycles. The minimum absolute atomic E-state index is 0.135. The molecule has 4 heteroatoms. The summed E-state index contributed by atoms with van der Waals surface area (Å²) in [5, 5.41) is 22.4. The van der Waals surface area contributed by atoms with Gasteiger partial charge in [-0.2, -0.15) is 0 Å². The second-order valence-corrected chi connectivity index (χ2v) is 4.59. The molecule has 1 unspecified atom stereocenters. The third-order valence-electron chi connectivity index (χ3n) is 3.30. The molecule has 1 heterocycles. The predicted octanol–water partition coefficient (Wildman–Crippen LogP) is 2.70. The highest BCUT2D eigenvalue weighted by molar-refractivity contribution is 6.02. The van der Waals surface area contributed by atoms with Gasteiger partial charge in [-0.05, 0) is 17.7 Å². The maximum Gasteiger partial charge on any atom is 0.156 e. The molecule has 96 valence electrons. The Morgan fingerprint density at radius 2 is 1.74 bits per heavy atom. The first-order chi connectivity index (χ1) is 9.25. The fraction of sp³-hybridized carbons (Fsp3) is 0.133. The molecule has 0 fully saturated rings. The van der Waals surface area contributed by atoms with Gasteiger partial charge in [0.2, 0.25) is 0 Å². The van der Waals surface area contributed by atoms with Crippen molar-refractivity contribution in [3.63, 3.8) is 0 Å². The molecule has 2 aromatic carbocycles. The number of hydrogen-bond acceptors (Lipinski definition) is 3. The van der Waals surface area contributed by atoms with Crippen LogP contribution in [0.5, 0.6) is 0 Å². The number of amidine groups is 1. The molecule has 4 nitrogen and oxygen atoms in total. The number of nitrogens with zero attached hydrogens (tertiary/aromatic N) is 1. The molecule has 0 saturated heterocycles. The van der Waals surface area contributed by atoms with Crippen LogP contribution in [-0.2, 0) is 6.42 Å². The number of hydroxylamine groups is 2. The smallest absolute Gasteiger partial charge is 0.156 e. The minimum Gasteiger partial charge on any atom is -0.362 e. The Bertz CT molecular complexity index is 597. The van der Waals surface area contributed by atoms with Gasteiger partial charge in [0.1, 0.15) is 6.17 Å². The molecule has 1 aliphatic rings. The number of nitrogens with one attached hydrogen (secondary N) is 2. The Morgan fingerprint density at radius 1 is 1.05 bits per heavy atom. The maximum atomic E-state index is 10.1. The third-order valence-corrected chi connectivity index (χ3v) is 3.30. The standard InChI is InChI=1S/C15H15N3O/c16-15-12-8-4-5-9-13(12)17-14(18(15)19)10-11-6-2-1-3-7-11/h1-9,14,16-17,19H,10H2. The molecule has 0 bridgehead atoms. The van der Waals surface area contributed by atoms with Crippen LogP contribution in [0.3, 0.4) is 0 Å². The van der Waals surface area contributed by atoms with Crippen molar-refractivity contribution in [3.05, 3.63) is 65.7 Å². The van der Waals surface area contributed by atoms with Crippen LogP contribution in [0.25, 0.3) is 0 Å². The lowest BCUT2D eigenvalue weighted by Gasteiger charge is -2.35. The first kappa shape index (κ1) is 11.7. The first-order valence-corrected chi connectivity index (χ1v) is 6.22.